The van der Waals surface area contributed by atoms with E-state index in [1.54, 1.807) is 0 Å². The van der Waals surface area contributed by atoms with Crippen molar-refractivity contribution < 1.29 is 5.21 Å². The molecule has 1 aromatic carbocycles. The molecule has 0 aliphatic rings. The summed E-state index contributed by atoms with van der Waals surface area (Å²) in [5.74, 6) is 0.316. The van der Waals surface area contributed by atoms with Crippen LogP contribution in [0.15, 0.2) is 35.5 Å². The van der Waals surface area contributed by atoms with Gasteiger partial charge in [-0.3, -0.25) is 0 Å². The van der Waals surface area contributed by atoms with Crippen molar-refractivity contribution in [2.45, 2.75) is 84.5 Å². The second-order valence-corrected chi connectivity index (χ2v) is 6.72. The van der Waals surface area contributed by atoms with Crippen LogP contribution in [0.3, 0.4) is 0 Å². The van der Waals surface area contributed by atoms with Gasteiger partial charge in [0, 0.05) is 5.92 Å². The van der Waals surface area contributed by atoms with E-state index in [1.807, 2.05) is 30.3 Å². The van der Waals surface area contributed by atoms with E-state index < -0.39 is 0 Å². The Balaban J connectivity index is 2.09. The van der Waals surface area contributed by atoms with Gasteiger partial charge in [0.2, 0.25) is 0 Å². The largest absolute Gasteiger partial charge is 0.411 e. The van der Waals surface area contributed by atoms with Crippen molar-refractivity contribution in [1.82, 2.24) is 0 Å². The van der Waals surface area contributed by atoms with E-state index in [0.29, 0.717) is 5.92 Å². The van der Waals surface area contributed by atoms with Crippen LogP contribution in [0, 0.1) is 5.92 Å². The van der Waals surface area contributed by atoms with Crippen LogP contribution in [0.2, 0.25) is 0 Å². The van der Waals surface area contributed by atoms with Crippen LogP contribution in [0.1, 0.15) is 90.0 Å². The molecular weight excluding hydrogens is 282 g/mol. The lowest BCUT2D eigenvalue weighted by Gasteiger charge is -2.13. The predicted octanol–water partition coefficient (Wildman–Crippen LogP) is 6.81. The van der Waals surface area contributed by atoms with Crippen LogP contribution in [-0.2, 0) is 0 Å². The molecule has 0 aliphatic carbocycles. The fraction of sp³-hybridized carbons (Fsp3) is 0.667. The molecule has 23 heavy (non-hydrogen) atoms. The van der Waals surface area contributed by atoms with Crippen LogP contribution in [0.4, 0.5) is 0 Å². The summed E-state index contributed by atoms with van der Waals surface area (Å²) in [6.07, 6.45) is 14.7. The van der Waals surface area contributed by atoms with Gasteiger partial charge >= 0.3 is 0 Å². The second kappa shape index (κ2) is 13.2. The second-order valence-electron chi connectivity index (χ2n) is 6.72. The summed E-state index contributed by atoms with van der Waals surface area (Å²) in [6, 6.07) is 10.0. The van der Waals surface area contributed by atoms with Crippen molar-refractivity contribution in [1.29, 1.82) is 0 Å². The summed E-state index contributed by atoms with van der Waals surface area (Å²) in [5, 5.41) is 12.8. The van der Waals surface area contributed by atoms with Crippen molar-refractivity contribution in [3.63, 3.8) is 0 Å². The molecule has 1 N–H and O–H groups in total. The minimum Gasteiger partial charge on any atom is -0.411 e. The molecule has 0 amide bonds. The number of unbranched alkanes of at least 4 members (excludes halogenated alkanes) is 9. The van der Waals surface area contributed by atoms with Crippen LogP contribution >= 0.6 is 0 Å². The number of nitrogens with zero attached hydrogens (tertiary/aromatic N) is 1. The molecule has 0 saturated carbocycles. The molecule has 0 bridgehead atoms. The molecule has 130 valence electrons. The summed E-state index contributed by atoms with van der Waals surface area (Å²) >= 11 is 0. The fourth-order valence-electron chi connectivity index (χ4n) is 3.12. The summed E-state index contributed by atoms with van der Waals surface area (Å²) < 4.78 is 0. The van der Waals surface area contributed by atoms with Gasteiger partial charge in [0.05, 0.1) is 5.71 Å². The number of hydrogen-bond donors (Lipinski definition) is 1. The first-order valence-corrected chi connectivity index (χ1v) is 9.57. The Kier molecular flexibility index (Phi) is 11.3. The molecule has 1 atom stereocenters. The van der Waals surface area contributed by atoms with Gasteiger partial charge < -0.3 is 5.21 Å². The average Bonchev–Trinajstić information content (AvgIpc) is 2.58. The third-order valence-corrected chi connectivity index (χ3v) is 4.63. The van der Waals surface area contributed by atoms with E-state index in [9.17, 15) is 5.21 Å². The van der Waals surface area contributed by atoms with Crippen molar-refractivity contribution >= 4 is 5.71 Å². The molecule has 0 radical (unpaired) electrons. The quantitative estimate of drug-likeness (QED) is 0.184. The molecule has 0 fully saturated rings. The molecule has 1 aromatic rings. The van der Waals surface area contributed by atoms with Gasteiger partial charge in [0.25, 0.3) is 0 Å². The third kappa shape index (κ3) is 8.78. The molecule has 0 spiro atoms. The summed E-state index contributed by atoms with van der Waals surface area (Å²) in [7, 11) is 0. The van der Waals surface area contributed by atoms with Gasteiger partial charge in [0.15, 0.2) is 0 Å². The smallest absolute Gasteiger partial charge is 0.0895 e. The van der Waals surface area contributed by atoms with Gasteiger partial charge in [0.1, 0.15) is 0 Å². The standard InChI is InChI=1S/C21H35NO/c1-3-4-5-6-7-8-9-10-11-13-16-19(2)21(22-23)20-17-14-12-15-18-20/h12,14-15,17-19,23H,3-11,13,16H2,1-2H3. The normalized spacial score (nSPS) is 13.2. The minimum absolute atomic E-state index is 0.316. The van der Waals surface area contributed by atoms with Gasteiger partial charge in [-0.2, -0.15) is 0 Å². The summed E-state index contributed by atoms with van der Waals surface area (Å²) in [4.78, 5) is 0. The van der Waals surface area contributed by atoms with E-state index in [2.05, 4.69) is 19.0 Å². The Hall–Kier alpha value is -1.31. The highest BCUT2D eigenvalue weighted by molar-refractivity contribution is 6.01. The molecule has 2 nitrogen and oxygen atoms in total. The SMILES string of the molecule is CCCCCCCCCCCCC(C)C(=NO)c1ccccc1. The number of hydrogen-bond acceptors (Lipinski definition) is 2. The van der Waals surface area contributed by atoms with Crippen LogP contribution in [0.25, 0.3) is 0 Å². The first-order valence-electron chi connectivity index (χ1n) is 9.57. The Morgan fingerprint density at radius 3 is 1.91 bits per heavy atom. The minimum atomic E-state index is 0.316. The zero-order valence-corrected chi connectivity index (χ0v) is 15.1. The topological polar surface area (TPSA) is 32.6 Å². The van der Waals surface area contributed by atoms with Crippen molar-refractivity contribution in [3.8, 4) is 0 Å². The summed E-state index contributed by atoms with van der Waals surface area (Å²) in [5.41, 5.74) is 1.86. The van der Waals surface area contributed by atoms with Gasteiger partial charge in [-0.25, -0.2) is 0 Å². The highest BCUT2D eigenvalue weighted by atomic mass is 16.4. The Morgan fingerprint density at radius 1 is 0.870 bits per heavy atom. The number of rotatable bonds is 13. The Morgan fingerprint density at radius 2 is 1.39 bits per heavy atom. The first kappa shape index (κ1) is 19.7. The molecular formula is C21H35NO. The van der Waals surface area contributed by atoms with E-state index >= 15 is 0 Å². The predicted molar refractivity (Wildman–Crippen MR) is 100 cm³/mol. The number of oxime groups is 1. The third-order valence-electron chi connectivity index (χ3n) is 4.63. The maximum atomic E-state index is 9.30. The Bertz CT molecular complexity index is 413. The lowest BCUT2D eigenvalue weighted by molar-refractivity contribution is 0.315. The monoisotopic (exact) mass is 317 g/mol. The van der Waals surface area contributed by atoms with E-state index in [1.165, 1.54) is 64.2 Å². The molecule has 2 heteroatoms. The van der Waals surface area contributed by atoms with E-state index in [0.717, 1.165) is 17.7 Å². The molecule has 0 heterocycles. The van der Waals surface area contributed by atoms with Gasteiger partial charge in [-0.15, -0.1) is 0 Å². The van der Waals surface area contributed by atoms with Crippen LogP contribution in [0.5, 0.6) is 0 Å². The maximum Gasteiger partial charge on any atom is 0.0895 e. The van der Waals surface area contributed by atoms with E-state index in [4.69, 9.17) is 0 Å². The molecule has 0 aliphatic heterocycles. The van der Waals surface area contributed by atoms with E-state index in [-0.39, 0.29) is 0 Å². The maximum absolute atomic E-state index is 9.30. The van der Waals surface area contributed by atoms with Crippen LogP contribution < -0.4 is 0 Å². The lowest BCUT2D eigenvalue weighted by Crippen LogP contribution is -2.12. The zero-order chi connectivity index (χ0) is 16.8. The first-order chi connectivity index (χ1) is 11.3. The molecule has 1 rings (SSSR count). The zero-order valence-electron chi connectivity index (χ0n) is 15.1. The number of benzene rings is 1. The van der Waals surface area contributed by atoms with Gasteiger partial charge in [-0.05, 0) is 12.0 Å². The lowest BCUT2D eigenvalue weighted by atomic mass is 9.93. The van der Waals surface area contributed by atoms with Gasteiger partial charge in [-0.1, -0.05) is 114 Å². The Labute approximate surface area is 143 Å². The average molecular weight is 318 g/mol. The molecule has 0 aromatic heterocycles. The highest BCUT2D eigenvalue weighted by Gasteiger charge is 2.13. The molecule has 0 saturated heterocycles. The van der Waals surface area contributed by atoms with Crippen LogP contribution in [-0.4, -0.2) is 10.9 Å². The van der Waals surface area contributed by atoms with Crippen molar-refractivity contribution in [3.05, 3.63) is 35.9 Å². The van der Waals surface area contributed by atoms with Crippen molar-refractivity contribution in [2.75, 3.05) is 0 Å². The van der Waals surface area contributed by atoms with Crippen molar-refractivity contribution in [2.24, 2.45) is 11.1 Å². The summed E-state index contributed by atoms with van der Waals surface area (Å²) in [6.45, 7) is 4.43. The fourth-order valence-corrected chi connectivity index (χ4v) is 3.12. The molecule has 1 unspecified atom stereocenters. The highest BCUT2D eigenvalue weighted by Crippen LogP contribution is 2.18.